The Morgan fingerprint density at radius 3 is 2.25 bits per heavy atom. The number of sulfone groups is 1. The molecule has 0 saturated carbocycles. The van der Waals surface area contributed by atoms with Gasteiger partial charge < -0.3 is 10.2 Å². The molecule has 3 rings (SSSR count). The highest BCUT2D eigenvalue weighted by Crippen LogP contribution is 2.24. The van der Waals surface area contributed by atoms with Crippen molar-refractivity contribution in [3.05, 3.63) is 60.7 Å². The average molecular weight is 344 g/mol. The number of rotatable bonds is 5. The van der Waals surface area contributed by atoms with E-state index in [9.17, 15) is 13.2 Å². The fraction of sp³-hybridized carbons (Fsp3) is 0.278. The Bertz CT molecular complexity index is 792. The lowest BCUT2D eigenvalue weighted by molar-refractivity contribution is -0.117. The molecule has 1 saturated heterocycles. The van der Waals surface area contributed by atoms with Crippen LogP contribution in [-0.4, -0.2) is 38.4 Å². The van der Waals surface area contributed by atoms with Crippen LogP contribution in [0.1, 0.15) is 6.42 Å². The van der Waals surface area contributed by atoms with Crippen LogP contribution in [0.4, 0.5) is 11.4 Å². The van der Waals surface area contributed by atoms with Gasteiger partial charge in [0.15, 0.2) is 9.84 Å². The molecule has 1 aliphatic rings. The number of carbonyl (C=O) groups excluding carboxylic acids is 1. The van der Waals surface area contributed by atoms with Crippen LogP contribution >= 0.6 is 0 Å². The van der Waals surface area contributed by atoms with Gasteiger partial charge in [0.2, 0.25) is 5.91 Å². The number of anilines is 2. The number of carbonyl (C=O) groups is 1. The van der Waals surface area contributed by atoms with E-state index >= 15 is 0 Å². The Labute approximate surface area is 142 Å². The molecule has 0 radical (unpaired) electrons. The van der Waals surface area contributed by atoms with Crippen molar-refractivity contribution < 1.29 is 13.2 Å². The molecule has 5 nitrogen and oxygen atoms in total. The molecule has 2 aromatic carbocycles. The Morgan fingerprint density at radius 2 is 1.67 bits per heavy atom. The van der Waals surface area contributed by atoms with Gasteiger partial charge in [0.1, 0.15) is 0 Å². The molecular weight excluding hydrogens is 324 g/mol. The second-order valence-electron chi connectivity index (χ2n) is 5.88. The number of amides is 1. The van der Waals surface area contributed by atoms with Crippen LogP contribution in [0.2, 0.25) is 0 Å². The third-order valence-electron chi connectivity index (χ3n) is 4.09. The number of hydrogen-bond acceptors (Lipinski definition) is 4. The minimum Gasteiger partial charge on any atom is -0.376 e. The third kappa shape index (κ3) is 3.94. The molecular formula is C18H20N2O3S. The molecule has 1 atom stereocenters. The number of nitrogens with one attached hydrogen (secondary N) is 1. The number of para-hydroxylation sites is 2. The molecule has 126 valence electrons. The summed E-state index contributed by atoms with van der Waals surface area (Å²) in [5, 5.41) is 3.10. The molecule has 1 fully saturated rings. The van der Waals surface area contributed by atoms with Crippen LogP contribution in [0, 0.1) is 0 Å². The predicted octanol–water partition coefficient (Wildman–Crippen LogP) is 2.32. The molecule has 0 bridgehead atoms. The molecule has 1 heterocycles. The third-order valence-corrected chi connectivity index (χ3v) is 5.84. The van der Waals surface area contributed by atoms with Crippen LogP contribution in [0.5, 0.6) is 0 Å². The fourth-order valence-corrected chi connectivity index (χ4v) is 4.64. The van der Waals surface area contributed by atoms with Gasteiger partial charge in [-0.1, -0.05) is 36.4 Å². The highest BCUT2D eigenvalue weighted by atomic mass is 32.2. The molecule has 1 aliphatic heterocycles. The van der Waals surface area contributed by atoms with Crippen LogP contribution in [0.3, 0.4) is 0 Å². The normalized spacial score (nSPS) is 18.9. The summed E-state index contributed by atoms with van der Waals surface area (Å²) in [6, 6.07) is 18.4. The van der Waals surface area contributed by atoms with Gasteiger partial charge in [-0.05, 0) is 30.7 Å². The Balaban J connectivity index is 1.78. The molecule has 1 N–H and O–H groups in total. The summed E-state index contributed by atoms with van der Waals surface area (Å²) >= 11 is 0. The van der Waals surface area contributed by atoms with Crippen molar-refractivity contribution in [2.75, 3.05) is 28.3 Å². The average Bonchev–Trinajstić information content (AvgIpc) is 2.95. The molecule has 0 aromatic heterocycles. The summed E-state index contributed by atoms with van der Waals surface area (Å²) in [4.78, 5) is 14.4. The van der Waals surface area contributed by atoms with E-state index < -0.39 is 9.84 Å². The van der Waals surface area contributed by atoms with Crippen molar-refractivity contribution in [1.29, 1.82) is 0 Å². The number of nitrogens with zero attached hydrogens (tertiary/aromatic N) is 1. The van der Waals surface area contributed by atoms with Gasteiger partial charge in [-0.2, -0.15) is 0 Å². The zero-order valence-corrected chi connectivity index (χ0v) is 14.1. The molecule has 0 spiro atoms. The smallest absolute Gasteiger partial charge is 0.246 e. The van der Waals surface area contributed by atoms with Crippen LogP contribution in [0.25, 0.3) is 0 Å². The predicted molar refractivity (Wildman–Crippen MR) is 95.9 cm³/mol. The molecule has 1 amide bonds. The maximum Gasteiger partial charge on any atom is 0.246 e. The van der Waals surface area contributed by atoms with E-state index in [0.29, 0.717) is 6.42 Å². The summed E-state index contributed by atoms with van der Waals surface area (Å²) in [7, 11) is -3.06. The number of benzene rings is 2. The van der Waals surface area contributed by atoms with E-state index in [4.69, 9.17) is 0 Å². The molecule has 0 unspecified atom stereocenters. The molecule has 2 aromatic rings. The van der Waals surface area contributed by atoms with Crippen molar-refractivity contribution in [2.24, 2.45) is 0 Å². The summed E-state index contributed by atoms with van der Waals surface area (Å²) in [6.07, 6.45) is 0.480. The largest absolute Gasteiger partial charge is 0.376 e. The van der Waals surface area contributed by atoms with E-state index in [1.54, 1.807) is 4.90 Å². The van der Waals surface area contributed by atoms with Crippen LogP contribution < -0.4 is 10.2 Å². The first-order valence-corrected chi connectivity index (χ1v) is 9.74. The maximum absolute atomic E-state index is 12.8. The van der Waals surface area contributed by atoms with Gasteiger partial charge in [0.25, 0.3) is 0 Å². The highest BCUT2D eigenvalue weighted by Gasteiger charge is 2.35. The van der Waals surface area contributed by atoms with Crippen molar-refractivity contribution >= 4 is 27.1 Å². The lowest BCUT2D eigenvalue weighted by Crippen LogP contribution is -2.44. The first-order valence-electron chi connectivity index (χ1n) is 7.92. The van der Waals surface area contributed by atoms with Crippen molar-refractivity contribution in [3.8, 4) is 0 Å². The lowest BCUT2D eigenvalue weighted by atomic mass is 10.1. The van der Waals surface area contributed by atoms with Gasteiger partial charge in [0.05, 0.1) is 24.1 Å². The van der Waals surface area contributed by atoms with Gasteiger partial charge in [-0.25, -0.2) is 8.42 Å². The molecule has 6 heteroatoms. The quantitative estimate of drug-likeness (QED) is 0.904. The monoisotopic (exact) mass is 344 g/mol. The Kier molecular flexibility index (Phi) is 4.85. The summed E-state index contributed by atoms with van der Waals surface area (Å²) in [6.45, 7) is 0.120. The van der Waals surface area contributed by atoms with E-state index in [2.05, 4.69) is 5.32 Å². The van der Waals surface area contributed by atoms with Gasteiger partial charge in [-0.15, -0.1) is 0 Å². The van der Waals surface area contributed by atoms with E-state index in [0.717, 1.165) is 11.4 Å². The van der Waals surface area contributed by atoms with Crippen molar-refractivity contribution in [3.63, 3.8) is 0 Å². The number of hydrogen-bond donors (Lipinski definition) is 1. The zero-order valence-electron chi connectivity index (χ0n) is 13.3. The second kappa shape index (κ2) is 7.05. The van der Waals surface area contributed by atoms with E-state index in [-0.39, 0.29) is 30.0 Å². The minimum atomic E-state index is -3.06. The van der Waals surface area contributed by atoms with Gasteiger partial charge in [-0.3, -0.25) is 4.79 Å². The summed E-state index contributed by atoms with van der Waals surface area (Å²) in [5.74, 6) is 0.0338. The fourth-order valence-electron chi connectivity index (χ4n) is 2.94. The maximum atomic E-state index is 12.8. The van der Waals surface area contributed by atoms with Crippen LogP contribution in [-0.2, 0) is 14.6 Å². The highest BCUT2D eigenvalue weighted by molar-refractivity contribution is 7.91. The van der Waals surface area contributed by atoms with Gasteiger partial charge in [0, 0.05) is 11.4 Å². The first-order chi connectivity index (χ1) is 11.6. The standard InChI is InChI=1S/C18H20N2O3S/c21-18(13-19-15-7-3-1-4-8-15)20(16-9-5-2-6-10-16)17-11-12-24(22,23)14-17/h1-10,17,19H,11-14H2/t17-/m1/s1. The topological polar surface area (TPSA) is 66.5 Å². The Morgan fingerprint density at radius 1 is 1.04 bits per heavy atom. The van der Waals surface area contributed by atoms with Crippen LogP contribution in [0.15, 0.2) is 60.7 Å². The lowest BCUT2D eigenvalue weighted by Gasteiger charge is -2.28. The van der Waals surface area contributed by atoms with E-state index in [1.165, 1.54) is 0 Å². The minimum absolute atomic E-state index is 0.0268. The molecule has 0 aliphatic carbocycles. The first kappa shape index (κ1) is 16.5. The van der Waals surface area contributed by atoms with E-state index in [1.807, 2.05) is 60.7 Å². The van der Waals surface area contributed by atoms with Crippen molar-refractivity contribution in [2.45, 2.75) is 12.5 Å². The molecule has 24 heavy (non-hydrogen) atoms. The van der Waals surface area contributed by atoms with Gasteiger partial charge >= 0.3 is 0 Å². The van der Waals surface area contributed by atoms with Crippen molar-refractivity contribution in [1.82, 2.24) is 0 Å². The SMILES string of the molecule is O=C(CNc1ccccc1)N(c1ccccc1)[C@@H]1CCS(=O)(=O)C1. The zero-order chi connectivity index (χ0) is 17.0. The Hall–Kier alpha value is -2.34. The summed E-state index contributed by atoms with van der Waals surface area (Å²) in [5.41, 5.74) is 1.59. The second-order valence-corrected chi connectivity index (χ2v) is 8.10. The summed E-state index contributed by atoms with van der Waals surface area (Å²) < 4.78 is 23.7.